The summed E-state index contributed by atoms with van der Waals surface area (Å²) < 4.78 is 0. The van der Waals surface area contributed by atoms with Crippen LogP contribution in [0.25, 0.3) is 0 Å². The number of rotatable bonds is 4. The highest BCUT2D eigenvalue weighted by molar-refractivity contribution is 5.70. The van der Waals surface area contributed by atoms with Crippen molar-refractivity contribution in [1.82, 2.24) is 5.32 Å². The molecule has 2 N–H and O–H groups in total. The van der Waals surface area contributed by atoms with Crippen molar-refractivity contribution < 1.29 is 9.90 Å². The van der Waals surface area contributed by atoms with E-state index in [9.17, 15) is 9.90 Å². The van der Waals surface area contributed by atoms with Crippen molar-refractivity contribution in [3.63, 3.8) is 0 Å². The maximum Gasteiger partial charge on any atom is 0.306 e. The van der Waals surface area contributed by atoms with E-state index in [-0.39, 0.29) is 5.92 Å². The maximum absolute atomic E-state index is 11.2. The van der Waals surface area contributed by atoms with E-state index in [0.717, 1.165) is 37.6 Å². The molecule has 2 saturated carbocycles. The van der Waals surface area contributed by atoms with Gasteiger partial charge < -0.3 is 10.4 Å². The van der Waals surface area contributed by atoms with Crippen LogP contribution in [0.4, 0.5) is 0 Å². The first kappa shape index (κ1) is 13.9. The number of aliphatic carboxylic acids is 1. The molecule has 0 heterocycles. The fraction of sp³-hybridized carbons (Fsp3) is 0.933. The lowest BCUT2D eigenvalue weighted by molar-refractivity contribution is -0.142. The van der Waals surface area contributed by atoms with E-state index >= 15 is 0 Å². The number of carboxylic acids is 1. The fourth-order valence-corrected chi connectivity index (χ4v) is 3.73. The highest BCUT2D eigenvalue weighted by atomic mass is 16.4. The van der Waals surface area contributed by atoms with E-state index in [1.807, 2.05) is 0 Å². The normalized spacial score (nSPS) is 40.9. The Hall–Kier alpha value is -0.570. The van der Waals surface area contributed by atoms with Gasteiger partial charge in [-0.05, 0) is 50.0 Å². The SMILES string of the molecule is CC1CCC(C)C(NCC2CCCC2C(=O)O)C1. The average Bonchev–Trinajstić information content (AvgIpc) is 2.79. The first-order chi connectivity index (χ1) is 8.58. The minimum Gasteiger partial charge on any atom is -0.481 e. The molecule has 0 radical (unpaired) electrons. The van der Waals surface area contributed by atoms with Crippen LogP contribution >= 0.6 is 0 Å². The highest BCUT2D eigenvalue weighted by Crippen LogP contribution is 2.33. The Morgan fingerprint density at radius 2 is 2.00 bits per heavy atom. The Morgan fingerprint density at radius 3 is 2.72 bits per heavy atom. The Kier molecular flexibility index (Phi) is 4.66. The largest absolute Gasteiger partial charge is 0.481 e. The van der Waals surface area contributed by atoms with E-state index in [0.29, 0.717) is 12.0 Å². The van der Waals surface area contributed by atoms with Gasteiger partial charge in [0, 0.05) is 6.04 Å². The second kappa shape index (κ2) is 6.05. The first-order valence-corrected chi connectivity index (χ1v) is 7.54. The molecule has 3 nitrogen and oxygen atoms in total. The third-order valence-electron chi connectivity index (χ3n) is 5.08. The molecule has 0 saturated heterocycles. The van der Waals surface area contributed by atoms with E-state index in [1.54, 1.807) is 0 Å². The van der Waals surface area contributed by atoms with Crippen LogP contribution in [-0.4, -0.2) is 23.7 Å². The molecule has 0 amide bonds. The van der Waals surface area contributed by atoms with Gasteiger partial charge in [-0.2, -0.15) is 0 Å². The van der Waals surface area contributed by atoms with E-state index < -0.39 is 5.97 Å². The summed E-state index contributed by atoms with van der Waals surface area (Å²) in [5, 5.41) is 12.9. The van der Waals surface area contributed by atoms with E-state index in [1.165, 1.54) is 19.3 Å². The van der Waals surface area contributed by atoms with Gasteiger partial charge in [0.05, 0.1) is 5.92 Å². The summed E-state index contributed by atoms with van der Waals surface area (Å²) in [5.74, 6) is 1.22. The summed E-state index contributed by atoms with van der Waals surface area (Å²) in [6, 6.07) is 0.601. The van der Waals surface area contributed by atoms with Gasteiger partial charge in [0.2, 0.25) is 0 Å². The topological polar surface area (TPSA) is 49.3 Å². The minimum atomic E-state index is -0.593. The molecule has 0 aromatic carbocycles. The van der Waals surface area contributed by atoms with Gasteiger partial charge in [0.25, 0.3) is 0 Å². The molecule has 5 unspecified atom stereocenters. The van der Waals surface area contributed by atoms with Crippen LogP contribution in [0.15, 0.2) is 0 Å². The zero-order chi connectivity index (χ0) is 13.1. The predicted octanol–water partition coefficient (Wildman–Crippen LogP) is 2.90. The van der Waals surface area contributed by atoms with Gasteiger partial charge in [0.15, 0.2) is 0 Å². The number of nitrogens with one attached hydrogen (secondary N) is 1. The minimum absolute atomic E-state index is 0.103. The summed E-state index contributed by atoms with van der Waals surface area (Å²) in [6.07, 6.45) is 6.96. The summed E-state index contributed by atoms with van der Waals surface area (Å²) in [5.41, 5.74) is 0. The summed E-state index contributed by atoms with van der Waals surface area (Å²) in [6.45, 7) is 5.56. The molecular formula is C15H27NO2. The van der Waals surface area contributed by atoms with Crippen LogP contribution in [0, 0.1) is 23.7 Å². The number of hydrogen-bond donors (Lipinski definition) is 2. The van der Waals surface area contributed by atoms with Gasteiger partial charge in [-0.3, -0.25) is 4.79 Å². The Balaban J connectivity index is 1.81. The van der Waals surface area contributed by atoms with Crippen LogP contribution in [0.1, 0.15) is 52.4 Å². The molecule has 0 aromatic heterocycles. The van der Waals surface area contributed by atoms with Crippen molar-refractivity contribution in [1.29, 1.82) is 0 Å². The highest BCUT2D eigenvalue weighted by Gasteiger charge is 2.34. The van der Waals surface area contributed by atoms with Gasteiger partial charge in [-0.25, -0.2) is 0 Å². The molecule has 2 aliphatic carbocycles. The monoisotopic (exact) mass is 253 g/mol. The number of carboxylic acid groups (broad SMARTS) is 1. The standard InChI is InChI=1S/C15H27NO2/c1-10-6-7-11(2)14(8-10)16-9-12-4-3-5-13(12)15(17)18/h10-14,16H,3-9H2,1-2H3,(H,17,18). The molecular weight excluding hydrogens is 226 g/mol. The Bertz CT molecular complexity index is 292. The van der Waals surface area contributed by atoms with E-state index in [2.05, 4.69) is 19.2 Å². The average molecular weight is 253 g/mol. The third-order valence-corrected chi connectivity index (χ3v) is 5.08. The van der Waals surface area contributed by atoms with Gasteiger partial charge >= 0.3 is 5.97 Å². The Labute approximate surface area is 110 Å². The third kappa shape index (κ3) is 3.25. The summed E-state index contributed by atoms with van der Waals surface area (Å²) >= 11 is 0. The van der Waals surface area contributed by atoms with Crippen LogP contribution in [-0.2, 0) is 4.79 Å². The first-order valence-electron chi connectivity index (χ1n) is 7.54. The van der Waals surface area contributed by atoms with Crippen molar-refractivity contribution in [2.24, 2.45) is 23.7 Å². The molecule has 3 heteroatoms. The van der Waals surface area contributed by atoms with Crippen molar-refractivity contribution in [2.45, 2.75) is 58.4 Å². The maximum atomic E-state index is 11.2. The molecule has 0 aliphatic heterocycles. The molecule has 5 atom stereocenters. The number of hydrogen-bond acceptors (Lipinski definition) is 2. The van der Waals surface area contributed by atoms with Crippen molar-refractivity contribution >= 4 is 5.97 Å². The van der Waals surface area contributed by atoms with Gasteiger partial charge in [-0.1, -0.05) is 26.7 Å². The lowest BCUT2D eigenvalue weighted by Gasteiger charge is -2.34. The molecule has 0 spiro atoms. The van der Waals surface area contributed by atoms with Crippen molar-refractivity contribution in [3.05, 3.63) is 0 Å². The molecule has 2 rings (SSSR count). The predicted molar refractivity (Wildman–Crippen MR) is 72.4 cm³/mol. The molecule has 2 aliphatic rings. The lowest BCUT2D eigenvalue weighted by atomic mass is 9.80. The number of carbonyl (C=O) groups is 1. The summed E-state index contributed by atoms with van der Waals surface area (Å²) in [7, 11) is 0. The lowest BCUT2D eigenvalue weighted by Crippen LogP contribution is -2.42. The molecule has 104 valence electrons. The summed E-state index contributed by atoms with van der Waals surface area (Å²) in [4.78, 5) is 11.2. The Morgan fingerprint density at radius 1 is 1.22 bits per heavy atom. The second-order valence-electron chi connectivity index (χ2n) is 6.55. The van der Waals surface area contributed by atoms with Gasteiger partial charge in [0.1, 0.15) is 0 Å². The van der Waals surface area contributed by atoms with Crippen LogP contribution in [0.5, 0.6) is 0 Å². The quantitative estimate of drug-likeness (QED) is 0.810. The second-order valence-corrected chi connectivity index (χ2v) is 6.55. The van der Waals surface area contributed by atoms with Crippen molar-refractivity contribution in [2.75, 3.05) is 6.54 Å². The molecule has 0 aromatic rings. The zero-order valence-electron chi connectivity index (χ0n) is 11.7. The molecule has 0 bridgehead atoms. The van der Waals surface area contributed by atoms with Crippen LogP contribution < -0.4 is 5.32 Å². The van der Waals surface area contributed by atoms with Crippen molar-refractivity contribution in [3.8, 4) is 0 Å². The fourth-order valence-electron chi connectivity index (χ4n) is 3.73. The van der Waals surface area contributed by atoms with Gasteiger partial charge in [-0.15, -0.1) is 0 Å². The van der Waals surface area contributed by atoms with Crippen LogP contribution in [0.2, 0.25) is 0 Å². The van der Waals surface area contributed by atoms with E-state index in [4.69, 9.17) is 0 Å². The zero-order valence-corrected chi connectivity index (χ0v) is 11.7. The molecule has 2 fully saturated rings. The molecule has 18 heavy (non-hydrogen) atoms. The smallest absolute Gasteiger partial charge is 0.306 e. The van der Waals surface area contributed by atoms with Crippen LogP contribution in [0.3, 0.4) is 0 Å².